The summed E-state index contributed by atoms with van der Waals surface area (Å²) in [6.45, 7) is 3.55. The van der Waals surface area contributed by atoms with E-state index in [1.54, 1.807) is 12.1 Å². The van der Waals surface area contributed by atoms with Gasteiger partial charge in [0.25, 0.3) is 5.91 Å². The quantitative estimate of drug-likeness (QED) is 0.683. The molecule has 0 aliphatic carbocycles. The van der Waals surface area contributed by atoms with Crippen LogP contribution in [0.3, 0.4) is 0 Å². The van der Waals surface area contributed by atoms with Gasteiger partial charge in [-0.1, -0.05) is 19.1 Å². The molecule has 2 aromatic carbocycles. The predicted molar refractivity (Wildman–Crippen MR) is 112 cm³/mol. The maximum absolute atomic E-state index is 13.2. The average Bonchev–Trinajstić information content (AvgIpc) is 3.21. The molecule has 0 spiro atoms. The molecule has 0 radical (unpaired) electrons. The standard InChI is InChI=1S/C21H22F3N3OS/c1-2-14-5-7-15(8-6-14)19(28)26-20(29)25-17-13-16(21(22,23)24)9-10-18(17)27-11-3-4-12-27/h5-10,13H,2-4,11-12H2,1H3,(H2,25,26,28,29). The molecule has 1 fully saturated rings. The fourth-order valence-electron chi connectivity index (χ4n) is 3.27. The van der Waals surface area contributed by atoms with Crippen LogP contribution in [0.4, 0.5) is 24.5 Å². The van der Waals surface area contributed by atoms with Crippen molar-refractivity contribution in [2.75, 3.05) is 23.3 Å². The number of nitrogens with one attached hydrogen (secondary N) is 2. The highest BCUT2D eigenvalue weighted by molar-refractivity contribution is 7.80. The molecule has 1 aliphatic heterocycles. The van der Waals surface area contributed by atoms with Gasteiger partial charge in [-0.15, -0.1) is 0 Å². The minimum absolute atomic E-state index is 0.0469. The molecule has 3 rings (SSSR count). The SMILES string of the molecule is CCc1ccc(C(=O)NC(=S)Nc2cc(C(F)(F)F)ccc2N2CCCC2)cc1. The number of hydrogen-bond donors (Lipinski definition) is 2. The molecule has 0 aromatic heterocycles. The molecule has 1 heterocycles. The smallest absolute Gasteiger partial charge is 0.370 e. The minimum Gasteiger partial charge on any atom is -0.370 e. The van der Waals surface area contributed by atoms with Crippen LogP contribution in [0.15, 0.2) is 42.5 Å². The second-order valence-electron chi connectivity index (χ2n) is 6.88. The zero-order chi connectivity index (χ0) is 21.0. The lowest BCUT2D eigenvalue weighted by molar-refractivity contribution is -0.137. The van der Waals surface area contributed by atoms with Crippen LogP contribution in [-0.2, 0) is 12.6 Å². The Hall–Kier alpha value is -2.61. The number of carbonyl (C=O) groups is 1. The molecule has 1 saturated heterocycles. The van der Waals surface area contributed by atoms with E-state index in [1.165, 1.54) is 6.07 Å². The maximum atomic E-state index is 13.2. The van der Waals surface area contributed by atoms with Crippen LogP contribution in [0.25, 0.3) is 0 Å². The number of hydrogen-bond acceptors (Lipinski definition) is 3. The van der Waals surface area contributed by atoms with E-state index in [4.69, 9.17) is 12.2 Å². The third kappa shape index (κ3) is 5.26. The van der Waals surface area contributed by atoms with Gasteiger partial charge in [0.1, 0.15) is 0 Å². The molecule has 154 valence electrons. The lowest BCUT2D eigenvalue weighted by Gasteiger charge is -2.23. The van der Waals surface area contributed by atoms with E-state index in [1.807, 2.05) is 24.0 Å². The number of alkyl halides is 3. The van der Waals surface area contributed by atoms with Crippen molar-refractivity contribution in [1.29, 1.82) is 0 Å². The van der Waals surface area contributed by atoms with Crippen molar-refractivity contribution >= 4 is 34.6 Å². The largest absolute Gasteiger partial charge is 0.416 e. The van der Waals surface area contributed by atoms with Crippen LogP contribution in [0.2, 0.25) is 0 Å². The molecule has 29 heavy (non-hydrogen) atoms. The molecular weight excluding hydrogens is 399 g/mol. The second-order valence-corrected chi connectivity index (χ2v) is 7.29. The van der Waals surface area contributed by atoms with Gasteiger partial charge in [-0.05, 0) is 67.4 Å². The molecule has 0 atom stereocenters. The van der Waals surface area contributed by atoms with Crippen molar-refractivity contribution in [3.63, 3.8) is 0 Å². The molecular formula is C21H22F3N3OS. The van der Waals surface area contributed by atoms with E-state index in [2.05, 4.69) is 10.6 Å². The Kier molecular flexibility index (Phi) is 6.42. The number of nitrogens with zero attached hydrogens (tertiary/aromatic N) is 1. The number of amides is 1. The number of benzene rings is 2. The Morgan fingerprint density at radius 3 is 2.34 bits per heavy atom. The number of anilines is 2. The summed E-state index contributed by atoms with van der Waals surface area (Å²) >= 11 is 5.19. The van der Waals surface area contributed by atoms with Crippen molar-refractivity contribution < 1.29 is 18.0 Å². The third-order valence-electron chi connectivity index (χ3n) is 4.87. The zero-order valence-corrected chi connectivity index (χ0v) is 16.8. The van der Waals surface area contributed by atoms with E-state index in [9.17, 15) is 18.0 Å². The van der Waals surface area contributed by atoms with Crippen molar-refractivity contribution in [3.05, 3.63) is 59.2 Å². The highest BCUT2D eigenvalue weighted by Crippen LogP contribution is 2.36. The third-order valence-corrected chi connectivity index (χ3v) is 5.07. The highest BCUT2D eigenvalue weighted by Gasteiger charge is 2.32. The summed E-state index contributed by atoms with van der Waals surface area (Å²) in [5.74, 6) is -0.417. The van der Waals surface area contributed by atoms with E-state index < -0.39 is 17.6 Å². The number of halogens is 3. The molecule has 0 unspecified atom stereocenters. The van der Waals surface area contributed by atoms with Gasteiger partial charge in [-0.25, -0.2) is 0 Å². The second kappa shape index (κ2) is 8.82. The first-order valence-electron chi connectivity index (χ1n) is 9.45. The Labute approximate surface area is 173 Å². The van der Waals surface area contributed by atoms with Crippen LogP contribution in [0.1, 0.15) is 41.3 Å². The number of aryl methyl sites for hydroxylation is 1. The van der Waals surface area contributed by atoms with Crippen molar-refractivity contribution in [3.8, 4) is 0 Å². The first kappa shape index (κ1) is 21.1. The fraction of sp³-hybridized carbons (Fsp3) is 0.333. The fourth-order valence-corrected chi connectivity index (χ4v) is 3.47. The number of carbonyl (C=O) groups excluding carboxylic acids is 1. The molecule has 2 N–H and O–H groups in total. The summed E-state index contributed by atoms with van der Waals surface area (Å²) in [6, 6.07) is 10.6. The predicted octanol–water partition coefficient (Wildman–Crippen LogP) is 4.99. The summed E-state index contributed by atoms with van der Waals surface area (Å²) in [7, 11) is 0. The summed E-state index contributed by atoms with van der Waals surface area (Å²) in [4.78, 5) is 14.4. The summed E-state index contributed by atoms with van der Waals surface area (Å²) in [6.07, 6.45) is -1.65. The van der Waals surface area contributed by atoms with Crippen molar-refractivity contribution in [2.24, 2.45) is 0 Å². The molecule has 4 nitrogen and oxygen atoms in total. The Bertz CT molecular complexity index is 891. The molecule has 1 aliphatic rings. The first-order valence-corrected chi connectivity index (χ1v) is 9.86. The van der Waals surface area contributed by atoms with E-state index in [-0.39, 0.29) is 10.8 Å². The molecule has 2 aromatic rings. The first-order chi connectivity index (χ1) is 13.8. The maximum Gasteiger partial charge on any atom is 0.416 e. The van der Waals surface area contributed by atoms with E-state index >= 15 is 0 Å². The molecule has 1 amide bonds. The van der Waals surface area contributed by atoms with E-state index in [0.717, 1.165) is 50.0 Å². The zero-order valence-electron chi connectivity index (χ0n) is 16.0. The summed E-state index contributed by atoms with van der Waals surface area (Å²) < 4.78 is 39.5. The Morgan fingerprint density at radius 1 is 1.10 bits per heavy atom. The average molecular weight is 421 g/mol. The molecule has 8 heteroatoms. The van der Waals surface area contributed by atoms with Gasteiger partial charge in [-0.2, -0.15) is 13.2 Å². The molecule has 0 saturated carbocycles. The monoisotopic (exact) mass is 421 g/mol. The van der Waals surface area contributed by atoms with Gasteiger partial charge in [0.15, 0.2) is 5.11 Å². The van der Waals surface area contributed by atoms with Gasteiger partial charge < -0.3 is 10.2 Å². The Morgan fingerprint density at radius 2 is 1.76 bits per heavy atom. The molecule has 0 bridgehead atoms. The summed E-state index contributed by atoms with van der Waals surface area (Å²) in [5, 5.41) is 5.27. The van der Waals surface area contributed by atoms with Crippen LogP contribution < -0.4 is 15.5 Å². The van der Waals surface area contributed by atoms with Crippen molar-refractivity contribution in [1.82, 2.24) is 5.32 Å². The van der Waals surface area contributed by atoms with Gasteiger partial charge in [0.05, 0.1) is 16.9 Å². The normalized spacial score (nSPS) is 14.0. The number of rotatable bonds is 4. The van der Waals surface area contributed by atoms with Gasteiger partial charge >= 0.3 is 6.18 Å². The Balaban J connectivity index is 1.77. The van der Waals surface area contributed by atoms with Crippen LogP contribution >= 0.6 is 12.2 Å². The lowest BCUT2D eigenvalue weighted by Crippen LogP contribution is -2.34. The minimum atomic E-state index is -4.47. The van der Waals surface area contributed by atoms with Crippen LogP contribution in [-0.4, -0.2) is 24.1 Å². The van der Waals surface area contributed by atoms with Gasteiger partial charge in [0, 0.05) is 18.7 Å². The van der Waals surface area contributed by atoms with Gasteiger partial charge in [0.2, 0.25) is 0 Å². The number of thiocarbonyl (C=S) groups is 1. The topological polar surface area (TPSA) is 44.4 Å². The van der Waals surface area contributed by atoms with Crippen LogP contribution in [0.5, 0.6) is 0 Å². The highest BCUT2D eigenvalue weighted by atomic mass is 32.1. The van der Waals surface area contributed by atoms with E-state index in [0.29, 0.717) is 11.3 Å². The summed E-state index contributed by atoms with van der Waals surface area (Å²) in [5.41, 5.74) is 1.62. The van der Waals surface area contributed by atoms with Crippen LogP contribution in [0, 0.1) is 0 Å². The lowest BCUT2D eigenvalue weighted by atomic mass is 10.1. The van der Waals surface area contributed by atoms with Crippen molar-refractivity contribution in [2.45, 2.75) is 32.4 Å². The van der Waals surface area contributed by atoms with Gasteiger partial charge in [-0.3, -0.25) is 10.1 Å².